The largest absolute Gasteiger partial charge is 0.384 e. The first-order valence-corrected chi connectivity index (χ1v) is 12.8. The van der Waals surface area contributed by atoms with E-state index in [1.807, 2.05) is 42.7 Å². The smallest absolute Gasteiger partial charge is 0.165 e. The number of hydrogen-bond acceptors (Lipinski definition) is 5. The van der Waals surface area contributed by atoms with E-state index in [0.717, 1.165) is 47.7 Å². The van der Waals surface area contributed by atoms with Crippen molar-refractivity contribution in [1.82, 2.24) is 24.4 Å². The van der Waals surface area contributed by atoms with Crippen molar-refractivity contribution >= 4 is 22.7 Å². The SMILES string of the molecule is CCC(F)/C=C(\C=C/CN1C(CC)CCC1CC)n1c(C)nc2ccc(-c3ccnc(N)c3)nc21. The van der Waals surface area contributed by atoms with Crippen molar-refractivity contribution in [3.63, 3.8) is 0 Å². The van der Waals surface area contributed by atoms with Gasteiger partial charge in [0.05, 0.1) is 5.69 Å². The number of nitrogens with zero attached hydrogens (tertiary/aromatic N) is 5. The van der Waals surface area contributed by atoms with Crippen molar-refractivity contribution in [3.05, 3.63) is 54.5 Å². The summed E-state index contributed by atoms with van der Waals surface area (Å²) in [6.45, 7) is 9.18. The molecule has 3 unspecified atom stereocenters. The lowest BCUT2D eigenvalue weighted by Gasteiger charge is -2.27. The fraction of sp³-hybridized carbons (Fsp3) is 0.464. The number of nitrogen functional groups attached to an aromatic ring is 1. The van der Waals surface area contributed by atoms with Gasteiger partial charge >= 0.3 is 0 Å². The van der Waals surface area contributed by atoms with Crippen LogP contribution in [0.25, 0.3) is 28.1 Å². The highest BCUT2D eigenvalue weighted by Gasteiger charge is 2.29. The quantitative estimate of drug-likeness (QED) is 0.373. The van der Waals surface area contributed by atoms with E-state index in [1.165, 1.54) is 12.8 Å². The average Bonchev–Trinajstić information content (AvgIpc) is 3.41. The predicted octanol–water partition coefficient (Wildman–Crippen LogP) is 6.18. The standard InChI is InChI=1S/C28H37FN6/c1-5-21(29)18-24(9-8-16-34-22(6-2)10-11-23(34)7-3)35-19(4)32-26-13-12-25(33-28(26)35)20-14-15-31-27(30)17-20/h8-9,12-15,17-18,21-23H,5-7,10-11,16H2,1-4H3,(H2,30,31)/b9-8-,24-18+. The van der Waals surface area contributed by atoms with Crippen LogP contribution in [0, 0.1) is 6.92 Å². The minimum atomic E-state index is -1.05. The number of allylic oxidation sites excluding steroid dienone is 3. The van der Waals surface area contributed by atoms with Gasteiger partial charge in [-0.15, -0.1) is 0 Å². The normalized spacial score (nSPS) is 20.3. The summed E-state index contributed by atoms with van der Waals surface area (Å²) in [5.41, 5.74) is 9.78. The maximum Gasteiger partial charge on any atom is 0.165 e. The molecular formula is C28H37FN6. The lowest BCUT2D eigenvalue weighted by molar-refractivity contribution is 0.206. The number of anilines is 1. The van der Waals surface area contributed by atoms with Crippen LogP contribution in [0.15, 0.2) is 48.7 Å². The number of imidazole rings is 1. The van der Waals surface area contributed by atoms with Crippen LogP contribution in [0.4, 0.5) is 10.2 Å². The van der Waals surface area contributed by atoms with Crippen LogP contribution in [0.1, 0.15) is 58.7 Å². The number of pyridine rings is 2. The molecule has 3 aromatic heterocycles. The highest BCUT2D eigenvalue weighted by molar-refractivity contribution is 5.81. The van der Waals surface area contributed by atoms with Gasteiger partial charge in [-0.2, -0.15) is 0 Å². The second-order valence-electron chi connectivity index (χ2n) is 9.32. The Balaban J connectivity index is 1.72. The second kappa shape index (κ2) is 11.1. The number of hydrogen-bond donors (Lipinski definition) is 1. The van der Waals surface area contributed by atoms with E-state index in [9.17, 15) is 4.39 Å². The van der Waals surface area contributed by atoms with Crippen LogP contribution >= 0.6 is 0 Å². The zero-order valence-corrected chi connectivity index (χ0v) is 21.3. The molecule has 3 aromatic rings. The van der Waals surface area contributed by atoms with E-state index >= 15 is 0 Å². The third-order valence-electron chi connectivity index (χ3n) is 7.07. The molecular weight excluding hydrogens is 439 g/mol. The van der Waals surface area contributed by atoms with Crippen LogP contribution < -0.4 is 5.73 Å². The molecule has 0 bridgehead atoms. The maximum atomic E-state index is 14.7. The number of nitrogens with two attached hydrogens (primary N) is 1. The molecule has 0 radical (unpaired) electrons. The molecule has 0 aromatic carbocycles. The first kappa shape index (κ1) is 25.0. The average molecular weight is 477 g/mol. The number of alkyl halides is 1. The van der Waals surface area contributed by atoms with E-state index in [-0.39, 0.29) is 0 Å². The molecule has 35 heavy (non-hydrogen) atoms. The first-order valence-electron chi connectivity index (χ1n) is 12.8. The topological polar surface area (TPSA) is 72.9 Å². The molecule has 4 heterocycles. The van der Waals surface area contributed by atoms with Crippen LogP contribution in [-0.4, -0.2) is 49.2 Å². The summed E-state index contributed by atoms with van der Waals surface area (Å²) in [5, 5.41) is 0. The van der Waals surface area contributed by atoms with Crippen molar-refractivity contribution in [2.24, 2.45) is 0 Å². The predicted molar refractivity (Wildman–Crippen MR) is 143 cm³/mol. The summed E-state index contributed by atoms with van der Waals surface area (Å²) in [7, 11) is 0. The molecule has 186 valence electrons. The Bertz CT molecular complexity index is 1200. The summed E-state index contributed by atoms with van der Waals surface area (Å²) < 4.78 is 16.6. The Kier molecular flexibility index (Phi) is 7.96. The van der Waals surface area contributed by atoms with Gasteiger partial charge in [-0.1, -0.05) is 26.8 Å². The molecule has 0 amide bonds. The fourth-order valence-corrected chi connectivity index (χ4v) is 5.14. The van der Waals surface area contributed by atoms with Gasteiger partial charge in [-0.3, -0.25) is 9.47 Å². The monoisotopic (exact) mass is 476 g/mol. The molecule has 2 N–H and O–H groups in total. The van der Waals surface area contributed by atoms with E-state index in [1.54, 1.807) is 18.3 Å². The molecule has 1 fully saturated rings. The summed E-state index contributed by atoms with van der Waals surface area (Å²) in [6, 6.07) is 8.81. The molecule has 1 aliphatic heterocycles. The number of rotatable bonds is 9. The minimum Gasteiger partial charge on any atom is -0.384 e. The molecule has 1 saturated heterocycles. The Labute approximate surface area is 207 Å². The van der Waals surface area contributed by atoms with Crippen LogP contribution in [-0.2, 0) is 0 Å². The van der Waals surface area contributed by atoms with Crippen LogP contribution in [0.5, 0.6) is 0 Å². The lowest BCUT2D eigenvalue weighted by atomic mass is 10.1. The summed E-state index contributed by atoms with van der Waals surface area (Å²) in [4.78, 5) is 16.3. The molecule has 6 nitrogen and oxygen atoms in total. The molecule has 1 aliphatic rings. The summed E-state index contributed by atoms with van der Waals surface area (Å²) in [6.07, 6.45) is 11.8. The Morgan fingerprint density at radius 3 is 2.54 bits per heavy atom. The van der Waals surface area contributed by atoms with E-state index in [2.05, 4.69) is 29.8 Å². The summed E-state index contributed by atoms with van der Waals surface area (Å²) in [5.74, 6) is 1.22. The van der Waals surface area contributed by atoms with E-state index in [4.69, 9.17) is 15.7 Å². The van der Waals surface area contributed by atoms with Gasteiger partial charge in [0.15, 0.2) is 5.65 Å². The minimum absolute atomic E-state index is 0.417. The zero-order chi connectivity index (χ0) is 24.9. The lowest BCUT2D eigenvalue weighted by Crippen LogP contribution is -2.35. The molecule has 0 aliphatic carbocycles. The molecule has 3 atom stereocenters. The Morgan fingerprint density at radius 2 is 1.89 bits per heavy atom. The number of halogens is 1. The van der Waals surface area contributed by atoms with Gasteiger partial charge < -0.3 is 5.73 Å². The molecule has 7 heteroatoms. The van der Waals surface area contributed by atoms with Crippen molar-refractivity contribution in [2.45, 2.75) is 78.1 Å². The first-order chi connectivity index (χ1) is 16.9. The van der Waals surface area contributed by atoms with E-state index < -0.39 is 6.17 Å². The fourth-order valence-electron chi connectivity index (χ4n) is 5.14. The van der Waals surface area contributed by atoms with Gasteiger partial charge in [0.2, 0.25) is 0 Å². The Morgan fingerprint density at radius 1 is 1.14 bits per heavy atom. The van der Waals surface area contributed by atoms with Crippen molar-refractivity contribution in [2.75, 3.05) is 12.3 Å². The van der Waals surface area contributed by atoms with Gasteiger partial charge in [0.25, 0.3) is 0 Å². The number of aromatic nitrogens is 4. The van der Waals surface area contributed by atoms with Crippen molar-refractivity contribution < 1.29 is 4.39 Å². The molecule has 0 spiro atoms. The molecule has 4 rings (SSSR count). The van der Waals surface area contributed by atoms with Crippen molar-refractivity contribution in [3.8, 4) is 11.3 Å². The highest BCUT2D eigenvalue weighted by atomic mass is 19.1. The zero-order valence-electron chi connectivity index (χ0n) is 21.3. The van der Waals surface area contributed by atoms with Gasteiger partial charge in [0, 0.05) is 36.1 Å². The van der Waals surface area contributed by atoms with Crippen LogP contribution in [0.3, 0.4) is 0 Å². The third-order valence-corrected chi connectivity index (χ3v) is 7.07. The van der Waals surface area contributed by atoms with Gasteiger partial charge in [-0.05, 0) is 75.4 Å². The van der Waals surface area contributed by atoms with Gasteiger partial charge in [0.1, 0.15) is 23.3 Å². The number of likely N-dealkylation sites (tertiary alicyclic amines) is 1. The molecule has 0 saturated carbocycles. The Hall–Kier alpha value is -3.06. The third kappa shape index (κ3) is 5.45. The maximum absolute atomic E-state index is 14.7. The summed E-state index contributed by atoms with van der Waals surface area (Å²) >= 11 is 0. The second-order valence-corrected chi connectivity index (χ2v) is 9.32. The number of fused-ring (bicyclic) bond motifs is 1. The van der Waals surface area contributed by atoms with E-state index in [0.29, 0.717) is 30.0 Å². The number of aryl methyl sites for hydroxylation is 1. The highest BCUT2D eigenvalue weighted by Crippen LogP contribution is 2.29. The van der Waals surface area contributed by atoms with Gasteiger partial charge in [-0.25, -0.2) is 19.3 Å². The van der Waals surface area contributed by atoms with Crippen LogP contribution in [0.2, 0.25) is 0 Å². The van der Waals surface area contributed by atoms with Crippen molar-refractivity contribution in [1.29, 1.82) is 0 Å².